The number of nitrogens with zero attached hydrogens (tertiary/aromatic N) is 4. The van der Waals surface area contributed by atoms with Crippen molar-refractivity contribution < 1.29 is 17.1 Å². The van der Waals surface area contributed by atoms with Gasteiger partial charge in [0.25, 0.3) is 0 Å². The summed E-state index contributed by atoms with van der Waals surface area (Å²) in [6.45, 7) is 0. The zero-order chi connectivity index (χ0) is 18.6. The van der Waals surface area contributed by atoms with Gasteiger partial charge in [0.1, 0.15) is 0 Å². The molecule has 2 aromatic carbocycles. The summed E-state index contributed by atoms with van der Waals surface area (Å²) >= 11 is 0. The van der Waals surface area contributed by atoms with Crippen LogP contribution in [-0.4, -0.2) is 34.5 Å². The molecular weight excluding hydrogens is 361 g/mol. The van der Waals surface area contributed by atoms with E-state index < -0.39 is 15.1 Å². The Labute approximate surface area is 148 Å². The lowest BCUT2D eigenvalue weighted by Crippen LogP contribution is -2.14. The first-order chi connectivity index (χ1) is 12.4. The van der Waals surface area contributed by atoms with Crippen molar-refractivity contribution in [3.63, 3.8) is 0 Å². The fourth-order valence-corrected chi connectivity index (χ4v) is 2.74. The van der Waals surface area contributed by atoms with Gasteiger partial charge in [-0.2, -0.15) is 13.1 Å². The fourth-order valence-electron chi connectivity index (χ4n) is 2.28. The minimum atomic E-state index is -4.76. The number of halogens is 1. The van der Waals surface area contributed by atoms with Crippen molar-refractivity contribution in [3.05, 3.63) is 60.4 Å². The van der Waals surface area contributed by atoms with Crippen molar-refractivity contribution in [2.24, 2.45) is 0 Å². The van der Waals surface area contributed by atoms with Gasteiger partial charge in [0, 0.05) is 18.5 Å². The molecule has 0 saturated heterocycles. The minimum absolute atomic E-state index is 0.121. The third kappa shape index (κ3) is 4.28. The van der Waals surface area contributed by atoms with Crippen molar-refractivity contribution in [2.45, 2.75) is 17.7 Å². The summed E-state index contributed by atoms with van der Waals surface area (Å²) < 4.78 is 35.9. The van der Waals surface area contributed by atoms with Crippen LogP contribution in [0.1, 0.15) is 12.2 Å². The third-order valence-corrected chi connectivity index (χ3v) is 4.37. The first-order valence-electron chi connectivity index (χ1n) is 7.61. The second-order valence-corrected chi connectivity index (χ2v) is 6.70. The normalized spacial score (nSPS) is 11.3. The quantitative estimate of drug-likeness (QED) is 0.660. The number of rotatable bonds is 6. The lowest BCUT2D eigenvalue weighted by Gasteiger charge is -2.06. The Morgan fingerprint density at radius 2 is 1.77 bits per heavy atom. The monoisotopic (exact) mass is 375 g/mol. The van der Waals surface area contributed by atoms with E-state index >= 15 is 0 Å². The molecule has 3 rings (SSSR count). The summed E-state index contributed by atoms with van der Waals surface area (Å²) in [5.41, 5.74) is 1.15. The Balaban J connectivity index is 1.61. The molecule has 0 bridgehead atoms. The molecule has 0 aliphatic heterocycles. The number of aromatic nitrogens is 4. The zero-order valence-corrected chi connectivity index (χ0v) is 14.2. The molecule has 3 aromatic rings. The molecule has 26 heavy (non-hydrogen) atoms. The van der Waals surface area contributed by atoms with Crippen LogP contribution in [0.2, 0.25) is 0 Å². The summed E-state index contributed by atoms with van der Waals surface area (Å²) in [4.78, 5) is 11.6. The van der Waals surface area contributed by atoms with Crippen molar-refractivity contribution in [3.8, 4) is 5.69 Å². The fraction of sp³-hybridized carbons (Fsp3) is 0.125. The van der Waals surface area contributed by atoms with Crippen LogP contribution in [0.15, 0.2) is 59.5 Å². The van der Waals surface area contributed by atoms with E-state index in [1.165, 1.54) is 12.1 Å². The molecule has 8 nitrogen and oxygen atoms in total. The number of hydrogen-bond acceptors (Lipinski definition) is 6. The summed E-state index contributed by atoms with van der Waals surface area (Å²) in [5.74, 6) is 0.230. The number of benzene rings is 2. The number of para-hydroxylation sites is 1. The van der Waals surface area contributed by atoms with E-state index in [1.54, 1.807) is 4.68 Å². The van der Waals surface area contributed by atoms with Crippen LogP contribution in [0, 0.1) is 0 Å². The van der Waals surface area contributed by atoms with Crippen LogP contribution in [0.5, 0.6) is 0 Å². The molecule has 0 fully saturated rings. The number of carbonyl (C=O) groups is 1. The molecule has 1 aromatic heterocycles. The third-order valence-electron chi connectivity index (χ3n) is 3.53. The van der Waals surface area contributed by atoms with Crippen molar-refractivity contribution >= 4 is 21.8 Å². The van der Waals surface area contributed by atoms with E-state index in [4.69, 9.17) is 0 Å². The lowest BCUT2D eigenvalue weighted by atomic mass is 10.2. The maximum Gasteiger partial charge on any atom is 0.332 e. The second kappa shape index (κ2) is 7.40. The summed E-state index contributed by atoms with van der Waals surface area (Å²) in [6, 6.07) is 14.1. The molecule has 1 heterocycles. The van der Waals surface area contributed by atoms with Crippen molar-refractivity contribution in [1.29, 1.82) is 0 Å². The standard InChI is InChI=1S/C16H14FN5O3S/c17-26(24,25)14-8-6-12(7-9-14)18-16(23)11-10-15-19-20-21-22(15)13-4-2-1-3-5-13/h1-9H,10-11H2,(H,18,23). The highest BCUT2D eigenvalue weighted by Gasteiger charge is 2.13. The summed E-state index contributed by atoms with van der Waals surface area (Å²) in [6.07, 6.45) is 0.432. The maximum atomic E-state index is 12.8. The van der Waals surface area contributed by atoms with E-state index in [1.807, 2.05) is 30.3 Å². The van der Waals surface area contributed by atoms with Gasteiger partial charge in [0.2, 0.25) is 5.91 Å². The number of carbonyl (C=O) groups excluding carboxylic acids is 1. The van der Waals surface area contributed by atoms with Gasteiger partial charge in [-0.3, -0.25) is 4.79 Å². The van der Waals surface area contributed by atoms with Crippen LogP contribution in [0.3, 0.4) is 0 Å². The van der Waals surface area contributed by atoms with Crippen molar-refractivity contribution in [1.82, 2.24) is 20.2 Å². The average Bonchev–Trinajstić information content (AvgIpc) is 3.09. The highest BCUT2D eigenvalue weighted by molar-refractivity contribution is 7.86. The first-order valence-corrected chi connectivity index (χ1v) is 8.99. The van der Waals surface area contributed by atoms with Gasteiger partial charge in [-0.25, -0.2) is 0 Å². The zero-order valence-electron chi connectivity index (χ0n) is 13.4. The number of hydrogen-bond donors (Lipinski definition) is 1. The van der Waals surface area contributed by atoms with Gasteiger partial charge >= 0.3 is 10.2 Å². The van der Waals surface area contributed by atoms with E-state index in [-0.39, 0.29) is 12.3 Å². The van der Waals surface area contributed by atoms with E-state index in [0.717, 1.165) is 17.8 Å². The van der Waals surface area contributed by atoms with Crippen LogP contribution < -0.4 is 5.32 Å². The molecule has 0 aliphatic rings. The number of nitrogens with one attached hydrogen (secondary N) is 1. The Kier molecular flexibility index (Phi) is 5.03. The molecule has 0 radical (unpaired) electrons. The van der Waals surface area contributed by atoms with E-state index in [2.05, 4.69) is 20.8 Å². The van der Waals surface area contributed by atoms with Crippen LogP contribution in [0.25, 0.3) is 5.69 Å². The molecule has 10 heteroatoms. The first kappa shape index (κ1) is 17.7. The van der Waals surface area contributed by atoms with Gasteiger partial charge in [0.15, 0.2) is 5.82 Å². The van der Waals surface area contributed by atoms with Gasteiger partial charge in [-0.1, -0.05) is 18.2 Å². The van der Waals surface area contributed by atoms with Crippen LogP contribution in [-0.2, 0) is 21.4 Å². The van der Waals surface area contributed by atoms with Crippen LogP contribution >= 0.6 is 0 Å². The van der Waals surface area contributed by atoms with E-state index in [9.17, 15) is 17.1 Å². The highest BCUT2D eigenvalue weighted by atomic mass is 32.3. The summed E-state index contributed by atoms with van der Waals surface area (Å²) in [7, 11) is -4.76. The summed E-state index contributed by atoms with van der Waals surface area (Å²) in [5, 5.41) is 14.1. The molecule has 0 spiro atoms. The number of tetrazole rings is 1. The van der Waals surface area contributed by atoms with Gasteiger partial charge in [-0.05, 0) is 46.8 Å². The molecule has 1 N–H and O–H groups in total. The van der Waals surface area contributed by atoms with Crippen molar-refractivity contribution in [2.75, 3.05) is 5.32 Å². The molecule has 1 amide bonds. The Morgan fingerprint density at radius 1 is 1.08 bits per heavy atom. The Hall–Kier alpha value is -3.14. The molecule has 0 unspecified atom stereocenters. The Morgan fingerprint density at radius 3 is 2.42 bits per heavy atom. The van der Waals surface area contributed by atoms with Gasteiger partial charge in [0.05, 0.1) is 10.6 Å². The highest BCUT2D eigenvalue weighted by Crippen LogP contribution is 2.16. The Bertz CT molecular complexity index is 1000. The maximum absolute atomic E-state index is 12.8. The number of aryl methyl sites for hydroxylation is 1. The van der Waals surface area contributed by atoms with E-state index in [0.29, 0.717) is 17.9 Å². The average molecular weight is 375 g/mol. The molecule has 0 aliphatic carbocycles. The van der Waals surface area contributed by atoms with Crippen LogP contribution in [0.4, 0.5) is 9.57 Å². The molecule has 0 atom stereocenters. The largest absolute Gasteiger partial charge is 0.332 e. The predicted molar refractivity (Wildman–Crippen MR) is 90.8 cm³/mol. The van der Waals surface area contributed by atoms with Gasteiger partial charge < -0.3 is 5.32 Å². The number of anilines is 1. The minimum Gasteiger partial charge on any atom is -0.326 e. The topological polar surface area (TPSA) is 107 Å². The smallest absolute Gasteiger partial charge is 0.326 e. The van der Waals surface area contributed by atoms with Gasteiger partial charge in [-0.15, -0.1) is 8.98 Å². The lowest BCUT2D eigenvalue weighted by molar-refractivity contribution is -0.116. The molecular formula is C16H14FN5O3S. The predicted octanol–water partition coefficient (Wildman–Crippen LogP) is 1.89. The molecule has 134 valence electrons. The number of amides is 1. The SMILES string of the molecule is O=C(CCc1nnnn1-c1ccccc1)Nc1ccc(S(=O)(=O)F)cc1. The molecule has 0 saturated carbocycles. The second-order valence-electron chi connectivity index (χ2n) is 5.35.